The molecule has 1 aromatic rings. The first kappa shape index (κ1) is 15.0. The van der Waals surface area contributed by atoms with E-state index in [9.17, 15) is 0 Å². The molecular weight excluding hydrogens is 268 g/mol. The Hall–Kier alpha value is -1.96. The molecule has 0 aromatic heterocycles. The van der Waals surface area contributed by atoms with Crippen LogP contribution < -0.4 is 4.90 Å². The number of rotatable bonds is 3. The van der Waals surface area contributed by atoms with Crippen LogP contribution in [0.4, 0.5) is 5.69 Å². The molecule has 2 aliphatic heterocycles. The monoisotopic (exact) mass is 292 g/mol. The fraction of sp³-hybridized carbons (Fsp3) is 0.300. The summed E-state index contributed by atoms with van der Waals surface area (Å²) in [4.78, 5) is 4.49. The average molecular weight is 292 g/mol. The molecule has 0 amide bonds. The van der Waals surface area contributed by atoms with Crippen molar-refractivity contribution in [3.05, 3.63) is 78.7 Å². The molecule has 2 radical (unpaired) electrons. The predicted molar refractivity (Wildman–Crippen MR) is 93.9 cm³/mol. The van der Waals surface area contributed by atoms with Crippen molar-refractivity contribution < 1.29 is 0 Å². The molecule has 3 rings (SSSR count). The van der Waals surface area contributed by atoms with Crippen LogP contribution in [0.5, 0.6) is 0 Å². The van der Waals surface area contributed by atoms with E-state index < -0.39 is 0 Å². The number of anilines is 1. The third kappa shape index (κ3) is 2.47. The van der Waals surface area contributed by atoms with Gasteiger partial charge in [-0.25, -0.2) is 0 Å². The van der Waals surface area contributed by atoms with Crippen LogP contribution in [0.3, 0.4) is 0 Å². The fourth-order valence-corrected chi connectivity index (χ4v) is 3.08. The molecule has 2 aliphatic rings. The standard InChI is InChI=1S/C20H24N2/c1-14(2)18-10-7-11-19(15(3)4)20(18)21-12-17-9-6-8-16(5)22(17)13-21/h6-15H,1H2,2-5H3. The van der Waals surface area contributed by atoms with E-state index in [2.05, 4.69) is 93.7 Å². The summed E-state index contributed by atoms with van der Waals surface area (Å²) >= 11 is 0. The van der Waals surface area contributed by atoms with E-state index in [-0.39, 0.29) is 5.92 Å². The van der Waals surface area contributed by atoms with Crippen molar-refractivity contribution in [2.45, 2.75) is 39.5 Å². The molecule has 0 spiro atoms. The Balaban J connectivity index is 2.08. The molecule has 1 aromatic carbocycles. The highest BCUT2D eigenvalue weighted by molar-refractivity contribution is 5.67. The molecule has 1 atom stereocenters. The topological polar surface area (TPSA) is 6.48 Å². The van der Waals surface area contributed by atoms with Gasteiger partial charge >= 0.3 is 0 Å². The summed E-state index contributed by atoms with van der Waals surface area (Å²) in [5.41, 5.74) is 6.39. The van der Waals surface area contributed by atoms with Crippen LogP contribution in [0.15, 0.2) is 54.0 Å². The van der Waals surface area contributed by atoms with E-state index in [4.69, 9.17) is 0 Å². The Morgan fingerprint density at radius 1 is 1.09 bits per heavy atom. The molecule has 2 heteroatoms. The number of fused-ring (bicyclic) bond motifs is 1. The Kier molecular flexibility index (Phi) is 3.86. The van der Waals surface area contributed by atoms with Crippen molar-refractivity contribution in [1.82, 2.24) is 4.90 Å². The highest BCUT2D eigenvalue weighted by Gasteiger charge is 2.27. The van der Waals surface area contributed by atoms with Crippen LogP contribution in [-0.4, -0.2) is 4.90 Å². The van der Waals surface area contributed by atoms with Gasteiger partial charge in [0.15, 0.2) is 6.67 Å². The minimum absolute atomic E-state index is 0.255. The van der Waals surface area contributed by atoms with Crippen LogP contribution in [-0.2, 0) is 0 Å². The second-order valence-corrected chi connectivity index (χ2v) is 6.45. The normalized spacial score (nSPS) is 17.2. The van der Waals surface area contributed by atoms with Gasteiger partial charge in [0.05, 0.1) is 5.70 Å². The Bertz CT molecular complexity index is 636. The molecule has 2 nitrogen and oxygen atoms in total. The smallest absolute Gasteiger partial charge is 0.150 e. The molecule has 0 fully saturated rings. The summed E-state index contributed by atoms with van der Waals surface area (Å²) in [6, 6.07) is 6.58. The summed E-state index contributed by atoms with van der Waals surface area (Å²) in [5.74, 6) is 0.732. The number of allylic oxidation sites excluding steroid dienone is 4. The fourth-order valence-electron chi connectivity index (χ4n) is 3.08. The maximum Gasteiger partial charge on any atom is 0.150 e. The van der Waals surface area contributed by atoms with E-state index in [1.165, 1.54) is 28.2 Å². The van der Waals surface area contributed by atoms with Crippen molar-refractivity contribution in [2.75, 3.05) is 4.90 Å². The molecular formula is C20H24N2. The number of benzene rings is 1. The first-order chi connectivity index (χ1) is 10.5. The third-order valence-electron chi connectivity index (χ3n) is 4.28. The van der Waals surface area contributed by atoms with Gasteiger partial charge in [0, 0.05) is 17.6 Å². The van der Waals surface area contributed by atoms with Gasteiger partial charge in [-0.05, 0) is 49.0 Å². The molecule has 0 saturated heterocycles. The average Bonchev–Trinajstić information content (AvgIpc) is 2.91. The van der Waals surface area contributed by atoms with Gasteiger partial charge in [-0.1, -0.05) is 45.0 Å². The summed E-state index contributed by atoms with van der Waals surface area (Å²) < 4.78 is 0. The lowest BCUT2D eigenvalue weighted by atomic mass is 9.92. The molecule has 22 heavy (non-hydrogen) atoms. The summed E-state index contributed by atoms with van der Waals surface area (Å²) in [6.07, 6.45) is 8.60. The quantitative estimate of drug-likeness (QED) is 0.745. The van der Waals surface area contributed by atoms with Crippen LogP contribution in [0.1, 0.15) is 50.7 Å². The lowest BCUT2D eigenvalue weighted by molar-refractivity contribution is 0.547. The van der Waals surface area contributed by atoms with Gasteiger partial charge in [0.2, 0.25) is 0 Å². The van der Waals surface area contributed by atoms with E-state index in [0.717, 1.165) is 0 Å². The third-order valence-corrected chi connectivity index (χ3v) is 4.28. The maximum atomic E-state index is 4.25. The van der Waals surface area contributed by atoms with Crippen LogP contribution in [0, 0.1) is 13.6 Å². The zero-order valence-electron chi connectivity index (χ0n) is 13.9. The largest absolute Gasteiger partial charge is 0.320 e. The number of hydrogen-bond donors (Lipinski definition) is 0. The van der Waals surface area contributed by atoms with E-state index >= 15 is 0 Å². The van der Waals surface area contributed by atoms with Crippen molar-refractivity contribution in [3.8, 4) is 0 Å². The Labute approximate surface area is 134 Å². The zero-order chi connectivity index (χ0) is 15.9. The lowest BCUT2D eigenvalue weighted by Crippen LogP contribution is -2.22. The highest BCUT2D eigenvalue weighted by atomic mass is 15.4. The second-order valence-electron chi connectivity index (χ2n) is 6.45. The minimum Gasteiger partial charge on any atom is -0.320 e. The molecule has 114 valence electrons. The number of nitrogens with zero attached hydrogens (tertiary/aromatic N) is 2. The first-order valence-corrected chi connectivity index (χ1v) is 7.94. The van der Waals surface area contributed by atoms with E-state index in [0.29, 0.717) is 5.92 Å². The van der Waals surface area contributed by atoms with E-state index in [1.54, 1.807) is 0 Å². The van der Waals surface area contributed by atoms with Gasteiger partial charge in [-0.15, -0.1) is 0 Å². The van der Waals surface area contributed by atoms with Crippen molar-refractivity contribution in [3.63, 3.8) is 0 Å². The van der Waals surface area contributed by atoms with Gasteiger partial charge in [0.1, 0.15) is 0 Å². The molecule has 2 heterocycles. The summed E-state index contributed by atoms with van der Waals surface area (Å²) in [6.45, 7) is 15.2. The van der Waals surface area contributed by atoms with Gasteiger partial charge in [0.25, 0.3) is 0 Å². The minimum atomic E-state index is 0.255. The number of para-hydroxylation sites is 1. The maximum absolute atomic E-state index is 4.25. The highest BCUT2D eigenvalue weighted by Crippen LogP contribution is 2.40. The molecule has 1 unspecified atom stereocenters. The zero-order valence-corrected chi connectivity index (χ0v) is 13.9. The summed E-state index contributed by atoms with van der Waals surface area (Å²) in [7, 11) is 0. The lowest BCUT2D eigenvalue weighted by Gasteiger charge is -2.28. The van der Waals surface area contributed by atoms with Gasteiger partial charge in [-0.2, -0.15) is 0 Å². The summed E-state index contributed by atoms with van der Waals surface area (Å²) in [5, 5.41) is 0. The Morgan fingerprint density at radius 3 is 2.45 bits per heavy atom. The van der Waals surface area contributed by atoms with Crippen LogP contribution in [0.2, 0.25) is 0 Å². The predicted octanol–water partition coefficient (Wildman–Crippen LogP) is 5.30. The number of hydrogen-bond acceptors (Lipinski definition) is 2. The first-order valence-electron chi connectivity index (χ1n) is 7.94. The van der Waals surface area contributed by atoms with E-state index in [1.807, 2.05) is 0 Å². The molecule has 0 saturated carbocycles. The van der Waals surface area contributed by atoms with Crippen molar-refractivity contribution in [2.24, 2.45) is 0 Å². The van der Waals surface area contributed by atoms with Crippen molar-refractivity contribution in [1.29, 1.82) is 0 Å². The van der Waals surface area contributed by atoms with Gasteiger partial charge < -0.3 is 9.80 Å². The Morgan fingerprint density at radius 2 is 1.82 bits per heavy atom. The molecule has 0 N–H and O–H groups in total. The second kappa shape index (κ2) is 5.68. The van der Waals surface area contributed by atoms with Crippen molar-refractivity contribution >= 4 is 5.69 Å². The van der Waals surface area contributed by atoms with Crippen LogP contribution >= 0.6 is 0 Å². The van der Waals surface area contributed by atoms with Gasteiger partial charge in [-0.3, -0.25) is 0 Å². The molecule has 0 bridgehead atoms. The van der Waals surface area contributed by atoms with Crippen LogP contribution in [0.25, 0.3) is 0 Å². The molecule has 0 aliphatic carbocycles. The SMILES string of the molecule is [CH2]C(C)c1cccc(C(C)C)c1N1[CH]N2C(C)=CC=CC2=C1.